The standard InChI is InChI=1S/C17H34N2O/c1-8-12-10-18-13(16(2,3)4)11-19(12)14-9-15(20-7)17(14,5)6/h12-15,18H,8-11H2,1-7H3. The number of methoxy groups -OCH3 is 1. The fourth-order valence-electron chi connectivity index (χ4n) is 3.99. The Balaban J connectivity index is 2.11. The van der Waals surface area contributed by atoms with E-state index in [-0.39, 0.29) is 5.41 Å². The van der Waals surface area contributed by atoms with E-state index in [4.69, 9.17) is 4.74 Å². The molecule has 4 atom stereocenters. The van der Waals surface area contributed by atoms with Gasteiger partial charge in [-0.25, -0.2) is 0 Å². The molecule has 0 aromatic carbocycles. The van der Waals surface area contributed by atoms with Gasteiger partial charge >= 0.3 is 0 Å². The summed E-state index contributed by atoms with van der Waals surface area (Å²) in [6.07, 6.45) is 2.85. The molecule has 2 rings (SSSR count). The number of nitrogens with one attached hydrogen (secondary N) is 1. The van der Waals surface area contributed by atoms with Crippen molar-refractivity contribution in [3.63, 3.8) is 0 Å². The summed E-state index contributed by atoms with van der Waals surface area (Å²) in [5.41, 5.74) is 0.605. The second kappa shape index (κ2) is 5.58. The molecular formula is C17H34N2O. The van der Waals surface area contributed by atoms with Crippen molar-refractivity contribution in [2.75, 3.05) is 20.2 Å². The van der Waals surface area contributed by atoms with E-state index in [9.17, 15) is 0 Å². The van der Waals surface area contributed by atoms with Gasteiger partial charge in [0.2, 0.25) is 0 Å². The summed E-state index contributed by atoms with van der Waals surface area (Å²) >= 11 is 0. The Hall–Kier alpha value is -0.120. The SMILES string of the molecule is CCC1CNC(C(C)(C)C)CN1C1CC(OC)C1(C)C. The predicted molar refractivity (Wildman–Crippen MR) is 85.0 cm³/mol. The number of piperazine rings is 1. The van der Waals surface area contributed by atoms with Gasteiger partial charge < -0.3 is 10.1 Å². The third-order valence-corrected chi connectivity index (χ3v) is 5.79. The normalized spacial score (nSPS) is 38.5. The quantitative estimate of drug-likeness (QED) is 0.861. The van der Waals surface area contributed by atoms with Crippen molar-refractivity contribution in [2.24, 2.45) is 10.8 Å². The molecule has 0 spiro atoms. The Morgan fingerprint density at radius 3 is 2.40 bits per heavy atom. The molecule has 1 N–H and O–H groups in total. The summed E-state index contributed by atoms with van der Waals surface area (Å²) in [5, 5.41) is 3.77. The fourth-order valence-corrected chi connectivity index (χ4v) is 3.99. The van der Waals surface area contributed by atoms with Crippen molar-refractivity contribution in [3.8, 4) is 0 Å². The zero-order valence-electron chi connectivity index (χ0n) is 14.5. The summed E-state index contributed by atoms with van der Waals surface area (Å²) in [6, 6.07) is 1.93. The van der Waals surface area contributed by atoms with Crippen molar-refractivity contribution in [2.45, 2.75) is 78.6 Å². The highest BCUT2D eigenvalue weighted by molar-refractivity contribution is 5.07. The van der Waals surface area contributed by atoms with Gasteiger partial charge in [0.05, 0.1) is 6.10 Å². The van der Waals surface area contributed by atoms with Gasteiger partial charge in [-0.1, -0.05) is 41.5 Å². The summed E-state index contributed by atoms with van der Waals surface area (Å²) in [6.45, 7) is 16.4. The van der Waals surface area contributed by atoms with Crippen LogP contribution >= 0.6 is 0 Å². The minimum atomic E-state index is 0.280. The van der Waals surface area contributed by atoms with Crippen LogP contribution in [0.4, 0.5) is 0 Å². The van der Waals surface area contributed by atoms with Crippen LogP contribution in [-0.4, -0.2) is 49.3 Å². The van der Waals surface area contributed by atoms with Crippen LogP contribution in [0.3, 0.4) is 0 Å². The third-order valence-electron chi connectivity index (χ3n) is 5.79. The molecule has 1 aliphatic carbocycles. The van der Waals surface area contributed by atoms with Gasteiger partial charge in [0, 0.05) is 43.7 Å². The van der Waals surface area contributed by atoms with Gasteiger partial charge in [0.15, 0.2) is 0 Å². The van der Waals surface area contributed by atoms with Crippen molar-refractivity contribution < 1.29 is 4.74 Å². The first-order chi connectivity index (χ1) is 9.21. The topological polar surface area (TPSA) is 24.5 Å². The van der Waals surface area contributed by atoms with E-state index in [1.807, 2.05) is 7.11 Å². The minimum Gasteiger partial charge on any atom is -0.381 e. The van der Waals surface area contributed by atoms with Crippen molar-refractivity contribution in [3.05, 3.63) is 0 Å². The molecule has 20 heavy (non-hydrogen) atoms. The average Bonchev–Trinajstić information content (AvgIpc) is 2.36. The first-order valence-corrected chi connectivity index (χ1v) is 8.23. The highest BCUT2D eigenvalue weighted by Gasteiger charge is 2.53. The van der Waals surface area contributed by atoms with Crippen molar-refractivity contribution in [1.29, 1.82) is 0 Å². The number of rotatable bonds is 3. The molecule has 2 aliphatic rings. The highest BCUT2D eigenvalue weighted by Crippen LogP contribution is 2.47. The van der Waals surface area contributed by atoms with E-state index in [1.165, 1.54) is 19.4 Å². The monoisotopic (exact) mass is 282 g/mol. The molecule has 4 unspecified atom stereocenters. The molecule has 0 aromatic heterocycles. The zero-order chi connectivity index (χ0) is 15.1. The Labute approximate surface area is 125 Å². The summed E-state index contributed by atoms with van der Waals surface area (Å²) in [7, 11) is 1.86. The van der Waals surface area contributed by atoms with Gasteiger partial charge in [0.1, 0.15) is 0 Å². The van der Waals surface area contributed by atoms with E-state index in [1.54, 1.807) is 0 Å². The number of hydrogen-bond donors (Lipinski definition) is 1. The summed E-state index contributed by atoms with van der Waals surface area (Å²) in [4.78, 5) is 2.78. The van der Waals surface area contributed by atoms with E-state index < -0.39 is 0 Å². The maximum absolute atomic E-state index is 5.64. The van der Waals surface area contributed by atoms with Gasteiger partial charge in [-0.2, -0.15) is 0 Å². The molecule has 3 heteroatoms. The summed E-state index contributed by atoms with van der Waals surface area (Å²) < 4.78 is 5.64. The van der Waals surface area contributed by atoms with Crippen LogP contribution < -0.4 is 5.32 Å². The average molecular weight is 282 g/mol. The minimum absolute atomic E-state index is 0.280. The molecule has 118 valence electrons. The molecule has 1 saturated carbocycles. The van der Waals surface area contributed by atoms with E-state index in [0.29, 0.717) is 29.6 Å². The second-order valence-corrected chi connectivity index (χ2v) is 8.38. The van der Waals surface area contributed by atoms with Gasteiger partial charge in [-0.05, 0) is 18.3 Å². The lowest BCUT2D eigenvalue weighted by atomic mass is 9.63. The molecular weight excluding hydrogens is 248 g/mol. The van der Waals surface area contributed by atoms with Crippen molar-refractivity contribution in [1.82, 2.24) is 10.2 Å². The molecule has 1 heterocycles. The first-order valence-electron chi connectivity index (χ1n) is 8.23. The van der Waals surface area contributed by atoms with Gasteiger partial charge in [-0.15, -0.1) is 0 Å². The van der Waals surface area contributed by atoms with Crippen LogP contribution in [0, 0.1) is 10.8 Å². The Morgan fingerprint density at radius 1 is 1.30 bits per heavy atom. The molecule has 0 aromatic rings. The smallest absolute Gasteiger partial charge is 0.0652 e. The predicted octanol–water partition coefficient (Wildman–Crippen LogP) is 2.90. The number of nitrogens with zero attached hydrogens (tertiary/aromatic N) is 1. The molecule has 0 bridgehead atoms. The lowest BCUT2D eigenvalue weighted by molar-refractivity contribution is -0.155. The van der Waals surface area contributed by atoms with Gasteiger partial charge in [-0.3, -0.25) is 4.90 Å². The molecule has 3 nitrogen and oxygen atoms in total. The highest BCUT2D eigenvalue weighted by atomic mass is 16.5. The Kier molecular flexibility index (Phi) is 4.54. The fraction of sp³-hybridized carbons (Fsp3) is 1.00. The van der Waals surface area contributed by atoms with Crippen LogP contribution in [0.1, 0.15) is 54.4 Å². The van der Waals surface area contributed by atoms with E-state index in [0.717, 1.165) is 6.54 Å². The van der Waals surface area contributed by atoms with E-state index >= 15 is 0 Å². The maximum atomic E-state index is 5.64. The third kappa shape index (κ3) is 2.77. The molecule has 1 saturated heterocycles. The van der Waals surface area contributed by atoms with Gasteiger partial charge in [0.25, 0.3) is 0 Å². The largest absolute Gasteiger partial charge is 0.381 e. The second-order valence-electron chi connectivity index (χ2n) is 8.38. The number of hydrogen-bond acceptors (Lipinski definition) is 3. The van der Waals surface area contributed by atoms with Crippen LogP contribution in [-0.2, 0) is 4.74 Å². The van der Waals surface area contributed by atoms with Crippen LogP contribution in [0.5, 0.6) is 0 Å². The lowest BCUT2D eigenvalue weighted by Crippen LogP contribution is -2.70. The van der Waals surface area contributed by atoms with Crippen molar-refractivity contribution >= 4 is 0 Å². The number of ether oxygens (including phenoxy) is 1. The van der Waals surface area contributed by atoms with Crippen LogP contribution in [0.25, 0.3) is 0 Å². The lowest BCUT2D eigenvalue weighted by Gasteiger charge is -2.59. The molecule has 2 fully saturated rings. The Bertz CT molecular complexity index is 334. The molecule has 0 amide bonds. The summed E-state index contributed by atoms with van der Waals surface area (Å²) in [5.74, 6) is 0. The zero-order valence-corrected chi connectivity index (χ0v) is 14.5. The van der Waals surface area contributed by atoms with Crippen LogP contribution in [0.2, 0.25) is 0 Å². The maximum Gasteiger partial charge on any atom is 0.0652 e. The molecule has 1 aliphatic heterocycles. The Morgan fingerprint density at radius 2 is 1.95 bits per heavy atom. The van der Waals surface area contributed by atoms with Crippen LogP contribution in [0.15, 0.2) is 0 Å². The first kappa shape index (κ1) is 16.3. The molecule has 0 radical (unpaired) electrons. The van der Waals surface area contributed by atoms with E-state index in [2.05, 4.69) is 51.8 Å².